The Hall–Kier alpha value is -3.80. The lowest BCUT2D eigenvalue weighted by molar-refractivity contribution is -0.123. The summed E-state index contributed by atoms with van der Waals surface area (Å²) < 4.78 is 5.66. The number of benzene rings is 3. The highest BCUT2D eigenvalue weighted by Crippen LogP contribution is 2.44. The predicted molar refractivity (Wildman–Crippen MR) is 141 cm³/mol. The Morgan fingerprint density at radius 3 is 2.19 bits per heavy atom. The van der Waals surface area contributed by atoms with Crippen molar-refractivity contribution in [1.82, 2.24) is 10.6 Å². The van der Waals surface area contributed by atoms with Crippen LogP contribution in [0.4, 0.5) is 4.79 Å². The van der Waals surface area contributed by atoms with Gasteiger partial charge in [0.2, 0.25) is 5.91 Å². The molecule has 36 heavy (non-hydrogen) atoms. The van der Waals surface area contributed by atoms with Crippen LogP contribution in [0.25, 0.3) is 11.1 Å². The van der Waals surface area contributed by atoms with Crippen LogP contribution in [-0.2, 0) is 16.0 Å². The van der Waals surface area contributed by atoms with Crippen molar-refractivity contribution < 1.29 is 19.4 Å². The van der Waals surface area contributed by atoms with Crippen molar-refractivity contribution in [2.75, 3.05) is 13.2 Å². The van der Waals surface area contributed by atoms with Crippen molar-refractivity contribution in [3.8, 4) is 16.9 Å². The summed E-state index contributed by atoms with van der Waals surface area (Å²) in [4.78, 5) is 25.6. The molecule has 1 atom stereocenters. The zero-order valence-corrected chi connectivity index (χ0v) is 20.7. The minimum absolute atomic E-state index is 0.0270. The van der Waals surface area contributed by atoms with E-state index in [0.717, 1.165) is 36.0 Å². The van der Waals surface area contributed by atoms with Gasteiger partial charge >= 0.3 is 6.09 Å². The third kappa shape index (κ3) is 6.25. The zero-order chi connectivity index (χ0) is 25.3. The molecule has 0 aliphatic heterocycles. The lowest BCUT2D eigenvalue weighted by Gasteiger charge is -2.20. The Balaban J connectivity index is 1.33. The lowest BCUT2D eigenvalue weighted by Crippen LogP contribution is -2.47. The molecule has 1 aliphatic rings. The molecule has 3 N–H and O–H groups in total. The summed E-state index contributed by atoms with van der Waals surface area (Å²) in [5, 5.41) is 15.1. The van der Waals surface area contributed by atoms with Crippen molar-refractivity contribution in [1.29, 1.82) is 0 Å². The summed E-state index contributed by atoms with van der Waals surface area (Å²) in [7, 11) is 0. The van der Waals surface area contributed by atoms with Crippen LogP contribution in [0.1, 0.15) is 55.2 Å². The van der Waals surface area contributed by atoms with Gasteiger partial charge in [0, 0.05) is 12.5 Å². The molecule has 0 saturated heterocycles. The van der Waals surface area contributed by atoms with E-state index in [9.17, 15) is 14.7 Å². The molecule has 0 saturated carbocycles. The highest BCUT2D eigenvalue weighted by molar-refractivity contribution is 5.85. The number of phenolic OH excluding ortho intramolecular Hbond substituents is 1. The maximum Gasteiger partial charge on any atom is 0.407 e. The first kappa shape index (κ1) is 25.3. The zero-order valence-electron chi connectivity index (χ0n) is 20.7. The first-order chi connectivity index (χ1) is 17.6. The topological polar surface area (TPSA) is 87.7 Å². The first-order valence-electron chi connectivity index (χ1n) is 12.7. The van der Waals surface area contributed by atoms with E-state index in [2.05, 4.69) is 41.8 Å². The van der Waals surface area contributed by atoms with Crippen molar-refractivity contribution in [3.63, 3.8) is 0 Å². The van der Waals surface area contributed by atoms with Crippen LogP contribution >= 0.6 is 0 Å². The quantitative estimate of drug-likeness (QED) is 0.311. The average molecular weight is 487 g/mol. The summed E-state index contributed by atoms with van der Waals surface area (Å²) >= 11 is 0. The summed E-state index contributed by atoms with van der Waals surface area (Å²) in [5.41, 5.74) is 5.66. The molecular formula is C30H34N2O4. The van der Waals surface area contributed by atoms with Gasteiger partial charge in [-0.25, -0.2) is 4.79 Å². The first-order valence-corrected chi connectivity index (χ1v) is 12.7. The Morgan fingerprint density at radius 1 is 0.917 bits per heavy atom. The largest absolute Gasteiger partial charge is 0.508 e. The van der Waals surface area contributed by atoms with E-state index in [1.54, 1.807) is 12.1 Å². The Kier molecular flexibility index (Phi) is 8.61. The predicted octanol–water partition coefficient (Wildman–Crippen LogP) is 5.54. The lowest BCUT2D eigenvalue weighted by atomic mass is 9.98. The van der Waals surface area contributed by atoms with Crippen LogP contribution in [0, 0.1) is 0 Å². The smallest absolute Gasteiger partial charge is 0.407 e. The SMILES string of the molecule is CCCCCC(NC(=O)OCC1c2ccccc2-c2ccccc21)C(=O)NCCc1ccc(O)cc1. The molecule has 3 aromatic rings. The third-order valence-electron chi connectivity index (χ3n) is 6.70. The molecule has 0 heterocycles. The molecule has 3 aromatic carbocycles. The van der Waals surface area contributed by atoms with Crippen molar-refractivity contribution in [3.05, 3.63) is 89.5 Å². The van der Waals surface area contributed by atoms with E-state index >= 15 is 0 Å². The van der Waals surface area contributed by atoms with Crippen LogP contribution in [-0.4, -0.2) is 36.3 Å². The Morgan fingerprint density at radius 2 is 1.56 bits per heavy atom. The monoisotopic (exact) mass is 486 g/mol. The molecule has 0 aromatic heterocycles. The van der Waals surface area contributed by atoms with Crippen LogP contribution < -0.4 is 10.6 Å². The molecular weight excluding hydrogens is 452 g/mol. The fourth-order valence-corrected chi connectivity index (χ4v) is 4.77. The number of fused-ring (bicyclic) bond motifs is 3. The molecule has 1 aliphatic carbocycles. The van der Waals surface area contributed by atoms with Gasteiger partial charge in [-0.3, -0.25) is 4.79 Å². The molecule has 0 spiro atoms. The number of carbonyl (C=O) groups is 2. The number of unbranched alkanes of at least 4 members (excludes halogenated alkanes) is 2. The van der Waals surface area contributed by atoms with Crippen LogP contribution in [0.5, 0.6) is 5.75 Å². The summed E-state index contributed by atoms with van der Waals surface area (Å²) in [6.45, 7) is 2.76. The molecule has 0 fully saturated rings. The minimum atomic E-state index is -0.646. The molecule has 188 valence electrons. The van der Waals surface area contributed by atoms with Crippen LogP contribution in [0.15, 0.2) is 72.8 Å². The van der Waals surface area contributed by atoms with E-state index in [1.807, 2.05) is 36.4 Å². The Labute approximate surface area is 212 Å². The molecule has 6 heteroatoms. The van der Waals surface area contributed by atoms with Crippen LogP contribution in [0.3, 0.4) is 0 Å². The second-order valence-corrected chi connectivity index (χ2v) is 9.23. The van der Waals surface area contributed by atoms with Gasteiger partial charge in [0.25, 0.3) is 0 Å². The highest BCUT2D eigenvalue weighted by Gasteiger charge is 2.29. The van der Waals surface area contributed by atoms with Gasteiger partial charge in [-0.2, -0.15) is 0 Å². The molecule has 1 unspecified atom stereocenters. The molecule has 0 bridgehead atoms. The van der Waals surface area contributed by atoms with Gasteiger partial charge in [0.05, 0.1) is 0 Å². The molecule has 2 amide bonds. The number of rotatable bonds is 11. The van der Waals surface area contributed by atoms with E-state index < -0.39 is 12.1 Å². The van der Waals surface area contributed by atoms with E-state index in [4.69, 9.17) is 4.74 Å². The normalized spacial score (nSPS) is 12.9. The van der Waals surface area contributed by atoms with E-state index in [-0.39, 0.29) is 24.2 Å². The minimum Gasteiger partial charge on any atom is -0.508 e. The number of phenols is 1. The maximum absolute atomic E-state index is 12.9. The third-order valence-corrected chi connectivity index (χ3v) is 6.70. The highest BCUT2D eigenvalue weighted by atomic mass is 16.5. The number of aromatic hydroxyl groups is 1. The number of alkyl carbamates (subject to hydrolysis) is 1. The number of amides is 2. The second-order valence-electron chi connectivity index (χ2n) is 9.23. The summed E-state index contributed by atoms with van der Waals surface area (Å²) in [5.74, 6) is -0.0229. The van der Waals surface area contributed by atoms with Crippen molar-refractivity contribution in [2.45, 2.75) is 51.0 Å². The van der Waals surface area contributed by atoms with E-state index in [0.29, 0.717) is 19.4 Å². The second kappa shape index (κ2) is 12.2. The number of carbonyl (C=O) groups excluding carboxylic acids is 2. The fourth-order valence-electron chi connectivity index (χ4n) is 4.77. The molecule has 4 rings (SSSR count). The van der Waals surface area contributed by atoms with Crippen molar-refractivity contribution in [2.24, 2.45) is 0 Å². The number of hydrogen-bond acceptors (Lipinski definition) is 4. The number of nitrogens with one attached hydrogen (secondary N) is 2. The molecule has 6 nitrogen and oxygen atoms in total. The van der Waals surface area contributed by atoms with Gasteiger partial charge in [0.1, 0.15) is 18.4 Å². The van der Waals surface area contributed by atoms with Crippen LogP contribution in [0.2, 0.25) is 0 Å². The van der Waals surface area contributed by atoms with Gasteiger partial charge in [-0.1, -0.05) is 86.8 Å². The fraction of sp³-hybridized carbons (Fsp3) is 0.333. The summed E-state index contributed by atoms with van der Waals surface area (Å²) in [6, 6.07) is 22.7. The standard InChI is InChI=1S/C30H34N2O4/c1-2-3-4-13-28(29(34)31-19-18-21-14-16-22(33)17-15-21)32-30(35)36-20-27-25-11-7-5-9-23(25)24-10-6-8-12-26(24)27/h5-12,14-17,27-28,33H,2-4,13,18-20H2,1H3,(H,31,34)(H,32,35). The van der Waals surface area contributed by atoms with Gasteiger partial charge < -0.3 is 20.5 Å². The number of ether oxygens (including phenoxy) is 1. The Bertz CT molecular complexity index is 1130. The van der Waals surface area contributed by atoms with E-state index in [1.165, 1.54) is 11.1 Å². The maximum atomic E-state index is 12.9. The van der Waals surface area contributed by atoms with Gasteiger partial charge in [0.15, 0.2) is 0 Å². The van der Waals surface area contributed by atoms with Gasteiger partial charge in [-0.05, 0) is 52.8 Å². The van der Waals surface area contributed by atoms with Crippen molar-refractivity contribution >= 4 is 12.0 Å². The average Bonchev–Trinajstić information content (AvgIpc) is 3.22. The van der Waals surface area contributed by atoms with Gasteiger partial charge in [-0.15, -0.1) is 0 Å². The molecule has 0 radical (unpaired) electrons. The summed E-state index contributed by atoms with van der Waals surface area (Å²) in [6.07, 6.45) is 3.48. The number of hydrogen-bond donors (Lipinski definition) is 3.